The van der Waals surface area contributed by atoms with E-state index >= 15 is 0 Å². The smallest absolute Gasteiger partial charge is 0.187 e. The summed E-state index contributed by atoms with van der Waals surface area (Å²) in [6.45, 7) is -1.10. The van der Waals surface area contributed by atoms with Crippen molar-refractivity contribution < 1.29 is 54.8 Å². The third-order valence-electron chi connectivity index (χ3n) is 5.62. The maximum Gasteiger partial charge on any atom is 0.187 e. The molecule has 2 aliphatic heterocycles. The molecule has 10 atom stereocenters. The van der Waals surface area contributed by atoms with Gasteiger partial charge in [0.05, 0.1) is 19.8 Å². The van der Waals surface area contributed by atoms with Crippen LogP contribution in [0, 0.1) is 0 Å². The van der Waals surface area contributed by atoms with Crippen LogP contribution in [-0.4, -0.2) is 122 Å². The topological polar surface area (TPSA) is 182 Å². The summed E-state index contributed by atoms with van der Waals surface area (Å²) in [5.41, 5.74) is 0.868. The molecule has 2 saturated heterocycles. The number of rotatable bonds is 8. The largest absolute Gasteiger partial charge is 0.394 e. The van der Waals surface area contributed by atoms with Gasteiger partial charge in [-0.3, -0.25) is 4.84 Å². The first-order valence-electron chi connectivity index (χ1n) is 10.3. The van der Waals surface area contributed by atoms with Gasteiger partial charge in [0.2, 0.25) is 0 Å². The van der Waals surface area contributed by atoms with Gasteiger partial charge in [-0.15, -0.1) is 0 Å². The summed E-state index contributed by atoms with van der Waals surface area (Å²) < 4.78 is 16.5. The van der Waals surface area contributed by atoms with Crippen molar-refractivity contribution in [2.24, 2.45) is 0 Å². The standard InChI is InChI=1S/C20H31NO11/c1-21(29-9-10-5-3-2-4-6-10)19-16(27)15(26)18(12(8-23)30-19)32-20-17(28)14(25)13(24)11(7-22)31-20/h2-6,11-20,22-28H,7-9H2,1H3/t11-,12-,13-,14+,15-,16-,17-,18-,19-,20-/m1/s1. The molecule has 3 rings (SSSR count). The highest BCUT2D eigenvalue weighted by atomic mass is 16.7. The average molecular weight is 461 g/mol. The zero-order chi connectivity index (χ0) is 23.4. The third kappa shape index (κ3) is 5.44. The minimum atomic E-state index is -1.72. The number of hydrogen-bond acceptors (Lipinski definition) is 12. The second-order valence-corrected chi connectivity index (χ2v) is 7.83. The Morgan fingerprint density at radius 3 is 2.09 bits per heavy atom. The van der Waals surface area contributed by atoms with Crippen molar-refractivity contribution in [1.29, 1.82) is 0 Å². The molecule has 7 N–H and O–H groups in total. The van der Waals surface area contributed by atoms with E-state index in [9.17, 15) is 35.7 Å². The van der Waals surface area contributed by atoms with Gasteiger partial charge in [0.15, 0.2) is 12.5 Å². The van der Waals surface area contributed by atoms with Gasteiger partial charge in [0, 0.05) is 7.05 Å². The van der Waals surface area contributed by atoms with Gasteiger partial charge >= 0.3 is 0 Å². The van der Waals surface area contributed by atoms with Crippen LogP contribution in [0.2, 0.25) is 0 Å². The molecule has 0 radical (unpaired) electrons. The van der Waals surface area contributed by atoms with Crippen molar-refractivity contribution in [3.63, 3.8) is 0 Å². The van der Waals surface area contributed by atoms with Crippen LogP contribution >= 0.6 is 0 Å². The van der Waals surface area contributed by atoms with Gasteiger partial charge in [-0.05, 0) is 5.56 Å². The molecular formula is C20H31NO11. The van der Waals surface area contributed by atoms with Crippen molar-refractivity contribution in [1.82, 2.24) is 5.06 Å². The lowest BCUT2D eigenvalue weighted by Crippen LogP contribution is -2.66. The van der Waals surface area contributed by atoms with E-state index in [1.165, 1.54) is 12.1 Å². The highest BCUT2D eigenvalue weighted by Gasteiger charge is 2.51. The molecule has 2 fully saturated rings. The van der Waals surface area contributed by atoms with Crippen molar-refractivity contribution in [2.75, 3.05) is 20.3 Å². The second-order valence-electron chi connectivity index (χ2n) is 7.83. The van der Waals surface area contributed by atoms with Gasteiger partial charge in [-0.1, -0.05) is 30.3 Å². The molecule has 0 amide bonds. The van der Waals surface area contributed by atoms with Gasteiger partial charge in [-0.2, -0.15) is 5.06 Å². The predicted octanol–water partition coefficient (Wildman–Crippen LogP) is -3.33. The van der Waals surface area contributed by atoms with E-state index in [2.05, 4.69) is 0 Å². The Bertz CT molecular complexity index is 693. The van der Waals surface area contributed by atoms with Gasteiger partial charge < -0.3 is 50.0 Å². The van der Waals surface area contributed by atoms with Crippen molar-refractivity contribution in [3.05, 3.63) is 35.9 Å². The second kappa shape index (κ2) is 11.2. The van der Waals surface area contributed by atoms with Crippen LogP contribution in [0.25, 0.3) is 0 Å². The lowest BCUT2D eigenvalue weighted by molar-refractivity contribution is -0.367. The summed E-state index contributed by atoms with van der Waals surface area (Å²) in [6.07, 6.45) is -14.6. The molecule has 0 aromatic heterocycles. The number of ether oxygens (including phenoxy) is 3. The monoisotopic (exact) mass is 461 g/mol. The van der Waals surface area contributed by atoms with E-state index < -0.39 is 74.6 Å². The van der Waals surface area contributed by atoms with Gasteiger partial charge in [-0.25, -0.2) is 0 Å². The highest BCUT2D eigenvalue weighted by molar-refractivity contribution is 5.13. The van der Waals surface area contributed by atoms with E-state index in [0.29, 0.717) is 0 Å². The molecule has 12 heteroatoms. The molecule has 182 valence electrons. The normalized spacial score (nSPS) is 40.5. The molecular weight excluding hydrogens is 430 g/mol. The average Bonchev–Trinajstić information content (AvgIpc) is 2.81. The van der Waals surface area contributed by atoms with Crippen LogP contribution in [0.4, 0.5) is 0 Å². The first kappa shape index (κ1) is 25.4. The summed E-state index contributed by atoms with van der Waals surface area (Å²) in [5, 5.41) is 71.5. The van der Waals surface area contributed by atoms with E-state index in [1.54, 1.807) is 0 Å². The van der Waals surface area contributed by atoms with Crippen LogP contribution in [-0.2, 0) is 25.7 Å². The van der Waals surface area contributed by atoms with E-state index in [1.807, 2.05) is 30.3 Å². The van der Waals surface area contributed by atoms with Crippen LogP contribution < -0.4 is 0 Å². The molecule has 32 heavy (non-hydrogen) atoms. The lowest BCUT2D eigenvalue weighted by atomic mass is 9.96. The quantitative estimate of drug-likeness (QED) is 0.192. The minimum absolute atomic E-state index is 0.175. The molecule has 0 unspecified atom stereocenters. The lowest BCUT2D eigenvalue weighted by Gasteiger charge is -2.47. The molecule has 1 aromatic rings. The Hall–Kier alpha value is -1.26. The summed E-state index contributed by atoms with van der Waals surface area (Å²) in [5.74, 6) is 0. The summed E-state index contributed by atoms with van der Waals surface area (Å²) in [7, 11) is 1.50. The number of hydroxylamine groups is 2. The maximum absolute atomic E-state index is 10.7. The Labute approximate surface area is 184 Å². The summed E-state index contributed by atoms with van der Waals surface area (Å²) >= 11 is 0. The van der Waals surface area contributed by atoms with E-state index in [-0.39, 0.29) is 6.61 Å². The van der Waals surface area contributed by atoms with Crippen LogP contribution in [0.5, 0.6) is 0 Å². The summed E-state index contributed by atoms with van der Waals surface area (Å²) in [4.78, 5) is 5.60. The van der Waals surface area contributed by atoms with Crippen LogP contribution in [0.15, 0.2) is 30.3 Å². The fourth-order valence-electron chi connectivity index (χ4n) is 3.69. The highest BCUT2D eigenvalue weighted by Crippen LogP contribution is 2.30. The number of aliphatic hydroxyl groups is 7. The van der Waals surface area contributed by atoms with Gasteiger partial charge in [0.1, 0.15) is 48.8 Å². The third-order valence-corrected chi connectivity index (χ3v) is 5.62. The van der Waals surface area contributed by atoms with Crippen LogP contribution in [0.3, 0.4) is 0 Å². The van der Waals surface area contributed by atoms with E-state index in [4.69, 9.17) is 19.0 Å². The number of hydrogen-bond donors (Lipinski definition) is 7. The van der Waals surface area contributed by atoms with Crippen molar-refractivity contribution in [3.8, 4) is 0 Å². The van der Waals surface area contributed by atoms with Crippen LogP contribution in [0.1, 0.15) is 5.56 Å². The van der Waals surface area contributed by atoms with E-state index in [0.717, 1.165) is 5.56 Å². The fraction of sp³-hybridized carbons (Fsp3) is 0.700. The maximum atomic E-state index is 10.7. The molecule has 0 aliphatic carbocycles. The molecule has 12 nitrogen and oxygen atoms in total. The predicted molar refractivity (Wildman–Crippen MR) is 105 cm³/mol. The molecule has 2 heterocycles. The Morgan fingerprint density at radius 1 is 0.812 bits per heavy atom. The summed E-state index contributed by atoms with van der Waals surface area (Å²) in [6, 6.07) is 9.25. The van der Waals surface area contributed by atoms with Crippen molar-refractivity contribution in [2.45, 2.75) is 68.0 Å². The Kier molecular flexibility index (Phi) is 8.91. The minimum Gasteiger partial charge on any atom is -0.394 e. The first-order valence-corrected chi connectivity index (χ1v) is 10.3. The van der Waals surface area contributed by atoms with Crippen molar-refractivity contribution >= 4 is 0 Å². The molecule has 0 saturated carbocycles. The number of likely N-dealkylation sites (N-methyl/N-ethyl adjacent to an activating group) is 1. The Balaban J connectivity index is 1.65. The zero-order valence-corrected chi connectivity index (χ0v) is 17.5. The Morgan fingerprint density at radius 2 is 1.47 bits per heavy atom. The number of nitrogens with zero attached hydrogens (tertiary/aromatic N) is 1. The molecule has 0 spiro atoms. The van der Waals surface area contributed by atoms with Gasteiger partial charge in [0.25, 0.3) is 0 Å². The number of aliphatic hydroxyl groups excluding tert-OH is 7. The zero-order valence-electron chi connectivity index (χ0n) is 17.5. The molecule has 2 aliphatic rings. The molecule has 0 bridgehead atoms. The SMILES string of the molecule is CN(OCc1ccccc1)[C@@H]1O[C@H](CO)[C@@H](O[C@H]2O[C@H](CO)[C@@H](O)[C@H](O)[C@H]2O)[C@H](O)[C@H]1O. The fourth-order valence-corrected chi connectivity index (χ4v) is 3.69. The number of benzene rings is 1. The first-order chi connectivity index (χ1) is 15.3. The molecule has 1 aromatic carbocycles.